The largest absolute Gasteiger partial charge is 0.508 e. The predicted molar refractivity (Wildman–Crippen MR) is 59.6 cm³/mol. The van der Waals surface area contributed by atoms with E-state index in [1.807, 2.05) is 12.1 Å². The van der Waals surface area contributed by atoms with Gasteiger partial charge < -0.3 is 10.4 Å². The second-order valence-electron chi connectivity index (χ2n) is 3.68. The Morgan fingerprint density at radius 2 is 1.93 bits per heavy atom. The fraction of sp³-hybridized carbons (Fsp3) is 0.500. The minimum Gasteiger partial charge on any atom is -0.508 e. The van der Waals surface area contributed by atoms with Gasteiger partial charge in [0.05, 0.1) is 0 Å². The van der Waals surface area contributed by atoms with Gasteiger partial charge in [-0.25, -0.2) is 0 Å². The summed E-state index contributed by atoms with van der Waals surface area (Å²) in [4.78, 5) is 0. The van der Waals surface area contributed by atoms with Gasteiger partial charge in [0, 0.05) is 6.04 Å². The van der Waals surface area contributed by atoms with Crippen molar-refractivity contribution in [3.05, 3.63) is 29.8 Å². The molecular formula is C12H19NO. The first-order valence-corrected chi connectivity index (χ1v) is 5.23. The van der Waals surface area contributed by atoms with Crippen LogP contribution in [0.5, 0.6) is 5.75 Å². The topological polar surface area (TPSA) is 32.3 Å². The quantitative estimate of drug-likeness (QED) is 0.752. The highest BCUT2D eigenvalue weighted by Gasteiger charge is 1.97. The summed E-state index contributed by atoms with van der Waals surface area (Å²) in [6.45, 7) is 5.37. The standard InChI is InChI=1S/C12H19NO/c1-3-10(2)13-9-8-11-4-6-12(14)7-5-11/h4-7,10,13-14H,3,8-9H2,1-2H3. The predicted octanol–water partition coefficient (Wildman–Crippen LogP) is 2.32. The van der Waals surface area contributed by atoms with E-state index in [-0.39, 0.29) is 0 Å². The van der Waals surface area contributed by atoms with Crippen LogP contribution >= 0.6 is 0 Å². The summed E-state index contributed by atoms with van der Waals surface area (Å²) < 4.78 is 0. The van der Waals surface area contributed by atoms with Crippen LogP contribution in [0.4, 0.5) is 0 Å². The number of hydrogen-bond donors (Lipinski definition) is 2. The van der Waals surface area contributed by atoms with E-state index in [1.165, 1.54) is 5.56 Å². The van der Waals surface area contributed by atoms with E-state index in [1.54, 1.807) is 12.1 Å². The van der Waals surface area contributed by atoms with Gasteiger partial charge in [-0.05, 0) is 44.0 Å². The number of phenols is 1. The van der Waals surface area contributed by atoms with Crippen LogP contribution in [0.1, 0.15) is 25.8 Å². The molecule has 0 saturated carbocycles. The molecule has 0 aliphatic rings. The maximum absolute atomic E-state index is 9.09. The molecule has 0 saturated heterocycles. The molecule has 0 fully saturated rings. The number of hydrogen-bond acceptors (Lipinski definition) is 2. The van der Waals surface area contributed by atoms with E-state index in [0.717, 1.165) is 19.4 Å². The van der Waals surface area contributed by atoms with Crippen molar-refractivity contribution < 1.29 is 5.11 Å². The lowest BCUT2D eigenvalue weighted by atomic mass is 10.1. The van der Waals surface area contributed by atoms with E-state index in [2.05, 4.69) is 19.2 Å². The lowest BCUT2D eigenvalue weighted by molar-refractivity contribution is 0.475. The van der Waals surface area contributed by atoms with Gasteiger partial charge in [-0.2, -0.15) is 0 Å². The third-order valence-corrected chi connectivity index (χ3v) is 2.46. The number of phenolic OH excluding ortho intramolecular Hbond substituents is 1. The summed E-state index contributed by atoms with van der Waals surface area (Å²) in [5, 5.41) is 12.5. The van der Waals surface area contributed by atoms with Crippen LogP contribution in [0.3, 0.4) is 0 Å². The Balaban J connectivity index is 2.28. The normalized spacial score (nSPS) is 12.7. The van der Waals surface area contributed by atoms with Crippen molar-refractivity contribution in [2.45, 2.75) is 32.7 Å². The third-order valence-electron chi connectivity index (χ3n) is 2.46. The summed E-state index contributed by atoms with van der Waals surface area (Å²) in [7, 11) is 0. The molecule has 2 nitrogen and oxygen atoms in total. The van der Waals surface area contributed by atoms with Gasteiger partial charge in [0.2, 0.25) is 0 Å². The number of benzene rings is 1. The Bertz CT molecular complexity index is 256. The lowest BCUT2D eigenvalue weighted by Gasteiger charge is -2.10. The van der Waals surface area contributed by atoms with Gasteiger partial charge in [-0.3, -0.25) is 0 Å². The average molecular weight is 193 g/mol. The molecule has 1 rings (SSSR count). The number of nitrogens with one attached hydrogen (secondary N) is 1. The molecule has 1 aromatic carbocycles. The van der Waals surface area contributed by atoms with Gasteiger partial charge in [-0.1, -0.05) is 19.1 Å². The van der Waals surface area contributed by atoms with Crippen LogP contribution in [0.25, 0.3) is 0 Å². The second kappa shape index (κ2) is 5.66. The van der Waals surface area contributed by atoms with Gasteiger partial charge >= 0.3 is 0 Å². The molecule has 14 heavy (non-hydrogen) atoms. The highest BCUT2D eigenvalue weighted by molar-refractivity contribution is 5.25. The van der Waals surface area contributed by atoms with Crippen LogP contribution < -0.4 is 5.32 Å². The van der Waals surface area contributed by atoms with Gasteiger partial charge in [0.25, 0.3) is 0 Å². The molecule has 0 bridgehead atoms. The summed E-state index contributed by atoms with van der Waals surface area (Å²) in [6.07, 6.45) is 2.18. The van der Waals surface area contributed by atoms with Crippen molar-refractivity contribution >= 4 is 0 Å². The van der Waals surface area contributed by atoms with Crippen molar-refractivity contribution in [2.24, 2.45) is 0 Å². The molecule has 78 valence electrons. The maximum atomic E-state index is 9.09. The molecule has 2 heteroatoms. The zero-order valence-electron chi connectivity index (χ0n) is 8.96. The van der Waals surface area contributed by atoms with Crippen LogP contribution in [0.15, 0.2) is 24.3 Å². The molecule has 2 N–H and O–H groups in total. The van der Waals surface area contributed by atoms with Crippen LogP contribution in [-0.2, 0) is 6.42 Å². The fourth-order valence-electron chi connectivity index (χ4n) is 1.27. The van der Waals surface area contributed by atoms with Crippen molar-refractivity contribution in [1.82, 2.24) is 5.32 Å². The highest BCUT2D eigenvalue weighted by atomic mass is 16.3. The second-order valence-corrected chi connectivity index (χ2v) is 3.68. The first kappa shape index (κ1) is 11.1. The Labute approximate surface area is 86.0 Å². The van der Waals surface area contributed by atoms with Crippen LogP contribution in [-0.4, -0.2) is 17.7 Å². The van der Waals surface area contributed by atoms with Crippen molar-refractivity contribution in [1.29, 1.82) is 0 Å². The molecule has 0 heterocycles. The Morgan fingerprint density at radius 3 is 2.50 bits per heavy atom. The lowest BCUT2D eigenvalue weighted by Crippen LogP contribution is -2.27. The smallest absolute Gasteiger partial charge is 0.115 e. The summed E-state index contributed by atoms with van der Waals surface area (Å²) in [5.74, 6) is 0.337. The Kier molecular flexibility index (Phi) is 4.47. The minimum absolute atomic E-state index is 0.337. The van der Waals surface area contributed by atoms with E-state index >= 15 is 0 Å². The zero-order chi connectivity index (χ0) is 10.4. The van der Waals surface area contributed by atoms with Gasteiger partial charge in [0.15, 0.2) is 0 Å². The molecule has 0 radical (unpaired) electrons. The molecule has 1 aromatic rings. The molecule has 0 aliphatic carbocycles. The molecule has 0 aromatic heterocycles. The van der Waals surface area contributed by atoms with E-state index < -0.39 is 0 Å². The first-order valence-electron chi connectivity index (χ1n) is 5.23. The van der Waals surface area contributed by atoms with Crippen LogP contribution in [0.2, 0.25) is 0 Å². The number of aromatic hydroxyl groups is 1. The van der Waals surface area contributed by atoms with Crippen molar-refractivity contribution in [3.63, 3.8) is 0 Å². The SMILES string of the molecule is CCC(C)NCCc1ccc(O)cc1. The minimum atomic E-state index is 0.337. The Hall–Kier alpha value is -1.02. The van der Waals surface area contributed by atoms with E-state index in [0.29, 0.717) is 11.8 Å². The van der Waals surface area contributed by atoms with Crippen LogP contribution in [0, 0.1) is 0 Å². The van der Waals surface area contributed by atoms with Crippen molar-refractivity contribution in [3.8, 4) is 5.75 Å². The number of rotatable bonds is 5. The molecular weight excluding hydrogens is 174 g/mol. The van der Waals surface area contributed by atoms with Crippen molar-refractivity contribution in [2.75, 3.05) is 6.54 Å². The molecule has 0 spiro atoms. The van der Waals surface area contributed by atoms with Gasteiger partial charge in [-0.15, -0.1) is 0 Å². The first-order chi connectivity index (χ1) is 6.72. The molecule has 0 aliphatic heterocycles. The summed E-state index contributed by atoms with van der Waals surface area (Å²) in [6, 6.07) is 7.99. The maximum Gasteiger partial charge on any atom is 0.115 e. The highest BCUT2D eigenvalue weighted by Crippen LogP contribution is 2.09. The monoisotopic (exact) mass is 193 g/mol. The van der Waals surface area contributed by atoms with Gasteiger partial charge in [0.1, 0.15) is 5.75 Å². The zero-order valence-corrected chi connectivity index (χ0v) is 8.96. The third kappa shape index (κ3) is 3.79. The Morgan fingerprint density at radius 1 is 1.29 bits per heavy atom. The average Bonchev–Trinajstić information content (AvgIpc) is 2.21. The molecule has 0 amide bonds. The van der Waals surface area contributed by atoms with E-state index in [4.69, 9.17) is 5.11 Å². The van der Waals surface area contributed by atoms with E-state index in [9.17, 15) is 0 Å². The molecule has 1 atom stereocenters. The fourth-order valence-corrected chi connectivity index (χ4v) is 1.27. The molecule has 1 unspecified atom stereocenters. The summed E-state index contributed by atoms with van der Waals surface area (Å²) in [5.41, 5.74) is 1.26. The summed E-state index contributed by atoms with van der Waals surface area (Å²) >= 11 is 0.